The fraction of sp³-hybridized carbons (Fsp3) is 0.333. The van der Waals surface area contributed by atoms with E-state index in [2.05, 4.69) is 48.8 Å². The lowest BCUT2D eigenvalue weighted by Gasteiger charge is -2.35. The van der Waals surface area contributed by atoms with Gasteiger partial charge in [-0.15, -0.1) is 0 Å². The highest BCUT2D eigenvalue weighted by Gasteiger charge is 2.26. The number of fused-ring (bicyclic) bond motifs is 1. The molecule has 1 fully saturated rings. The van der Waals surface area contributed by atoms with Gasteiger partial charge >= 0.3 is 0 Å². The Morgan fingerprint density at radius 1 is 1.00 bits per heavy atom. The van der Waals surface area contributed by atoms with Gasteiger partial charge in [-0.05, 0) is 31.0 Å². The maximum atomic E-state index is 13.3. The maximum Gasteiger partial charge on any atom is 0.270 e. The van der Waals surface area contributed by atoms with E-state index in [1.165, 1.54) is 5.56 Å². The number of rotatable bonds is 5. The van der Waals surface area contributed by atoms with Crippen molar-refractivity contribution in [3.63, 3.8) is 0 Å². The Labute approximate surface area is 187 Å². The Morgan fingerprint density at radius 2 is 1.78 bits per heavy atom. The van der Waals surface area contributed by atoms with Gasteiger partial charge in [-0.2, -0.15) is 5.10 Å². The van der Waals surface area contributed by atoms with Crippen molar-refractivity contribution in [1.29, 1.82) is 0 Å². The fourth-order valence-electron chi connectivity index (χ4n) is 4.34. The number of hydrogen-bond donors (Lipinski definition) is 0. The van der Waals surface area contributed by atoms with Crippen LogP contribution in [0.1, 0.15) is 21.9 Å². The molecule has 0 aliphatic carbocycles. The lowest BCUT2D eigenvalue weighted by molar-refractivity contribution is 0.0735. The molecule has 1 amide bonds. The van der Waals surface area contributed by atoms with Gasteiger partial charge in [0.25, 0.3) is 5.91 Å². The summed E-state index contributed by atoms with van der Waals surface area (Å²) < 4.78 is 3.84. The molecule has 32 heavy (non-hydrogen) atoms. The molecule has 0 unspecified atom stereocenters. The summed E-state index contributed by atoms with van der Waals surface area (Å²) in [4.78, 5) is 26.6. The second-order valence-electron chi connectivity index (χ2n) is 8.20. The highest BCUT2D eigenvalue weighted by atomic mass is 16.2. The van der Waals surface area contributed by atoms with Gasteiger partial charge in [0.05, 0.1) is 11.6 Å². The van der Waals surface area contributed by atoms with Crippen LogP contribution < -0.4 is 4.90 Å². The number of hydrogen-bond acceptors (Lipinski definition) is 5. The normalized spacial score (nSPS) is 14.3. The van der Waals surface area contributed by atoms with Crippen molar-refractivity contribution in [2.24, 2.45) is 7.05 Å². The number of carbonyl (C=O) groups excluding carboxylic acids is 1. The monoisotopic (exact) mass is 429 g/mol. The molecular formula is C24H27N7O. The van der Waals surface area contributed by atoms with E-state index in [1.807, 2.05) is 49.5 Å². The Morgan fingerprint density at radius 3 is 2.56 bits per heavy atom. The van der Waals surface area contributed by atoms with Crippen molar-refractivity contribution in [1.82, 2.24) is 29.2 Å². The zero-order chi connectivity index (χ0) is 22.1. The first-order chi connectivity index (χ1) is 15.6. The third-order valence-electron chi connectivity index (χ3n) is 6.08. The molecule has 4 heterocycles. The van der Waals surface area contributed by atoms with Gasteiger partial charge in [0.2, 0.25) is 0 Å². The highest BCUT2D eigenvalue weighted by Crippen LogP contribution is 2.24. The molecule has 8 heteroatoms. The quantitative estimate of drug-likeness (QED) is 0.488. The van der Waals surface area contributed by atoms with Crippen LogP contribution in [0.25, 0.3) is 11.0 Å². The standard InChI is InChI=1S/C24H27N7O/c1-18-26-22-20(17-25-28(22)2)23(27-18)30-13-15-31(16-14-30)24(32)21-9-6-11-29(21)12-10-19-7-4-3-5-8-19/h3-9,11,17H,10,12-16H2,1-2H3. The van der Waals surface area contributed by atoms with Crippen LogP contribution >= 0.6 is 0 Å². The molecule has 0 N–H and O–H groups in total. The first-order valence-electron chi connectivity index (χ1n) is 11.0. The van der Waals surface area contributed by atoms with Crippen LogP contribution in [0.4, 0.5) is 5.82 Å². The number of nitrogens with zero attached hydrogens (tertiary/aromatic N) is 7. The minimum Gasteiger partial charge on any atom is -0.352 e. The molecule has 164 valence electrons. The number of piperazine rings is 1. The smallest absolute Gasteiger partial charge is 0.270 e. The number of aryl methyl sites for hydroxylation is 4. The average Bonchev–Trinajstić information content (AvgIpc) is 3.44. The van der Waals surface area contributed by atoms with E-state index in [9.17, 15) is 4.79 Å². The van der Waals surface area contributed by atoms with Gasteiger partial charge in [0, 0.05) is 46.0 Å². The minimum atomic E-state index is 0.0908. The van der Waals surface area contributed by atoms with Crippen LogP contribution in [0, 0.1) is 6.92 Å². The van der Waals surface area contributed by atoms with E-state index in [0.29, 0.717) is 13.1 Å². The molecule has 1 aromatic carbocycles. The summed E-state index contributed by atoms with van der Waals surface area (Å²) in [5.41, 5.74) is 2.86. The van der Waals surface area contributed by atoms with E-state index in [1.54, 1.807) is 4.68 Å². The van der Waals surface area contributed by atoms with Gasteiger partial charge in [-0.3, -0.25) is 9.48 Å². The number of anilines is 1. The number of benzene rings is 1. The van der Waals surface area contributed by atoms with Crippen molar-refractivity contribution < 1.29 is 4.79 Å². The van der Waals surface area contributed by atoms with Gasteiger partial charge < -0.3 is 14.4 Å². The molecule has 0 spiro atoms. The second-order valence-corrected chi connectivity index (χ2v) is 8.20. The van der Waals surface area contributed by atoms with Crippen molar-refractivity contribution in [2.45, 2.75) is 19.9 Å². The number of carbonyl (C=O) groups is 1. The zero-order valence-corrected chi connectivity index (χ0v) is 18.5. The van der Waals surface area contributed by atoms with Crippen LogP contribution in [0.15, 0.2) is 54.9 Å². The van der Waals surface area contributed by atoms with Crippen LogP contribution in [0.5, 0.6) is 0 Å². The van der Waals surface area contributed by atoms with Crippen LogP contribution in [0.3, 0.4) is 0 Å². The minimum absolute atomic E-state index is 0.0908. The first kappa shape index (κ1) is 20.2. The Kier molecular flexibility index (Phi) is 5.34. The zero-order valence-electron chi connectivity index (χ0n) is 18.5. The van der Waals surface area contributed by atoms with Crippen molar-refractivity contribution in [3.05, 3.63) is 71.9 Å². The van der Waals surface area contributed by atoms with Gasteiger partial charge in [0.15, 0.2) is 5.65 Å². The van der Waals surface area contributed by atoms with E-state index >= 15 is 0 Å². The Hall–Kier alpha value is -3.68. The summed E-state index contributed by atoms with van der Waals surface area (Å²) in [6.07, 6.45) is 4.72. The lowest BCUT2D eigenvalue weighted by atomic mass is 10.1. The summed E-state index contributed by atoms with van der Waals surface area (Å²) in [5.74, 6) is 1.72. The van der Waals surface area contributed by atoms with Gasteiger partial charge in [0.1, 0.15) is 17.3 Å². The van der Waals surface area contributed by atoms with Crippen molar-refractivity contribution in [3.8, 4) is 0 Å². The van der Waals surface area contributed by atoms with Crippen molar-refractivity contribution >= 4 is 22.8 Å². The van der Waals surface area contributed by atoms with Crippen LogP contribution in [-0.2, 0) is 20.0 Å². The third kappa shape index (κ3) is 3.84. The Balaban J connectivity index is 1.27. The summed E-state index contributed by atoms with van der Waals surface area (Å²) in [6.45, 7) is 5.48. The SMILES string of the molecule is Cc1nc(N2CCN(C(=O)c3cccn3CCc3ccccc3)CC2)c2cnn(C)c2n1. The molecular weight excluding hydrogens is 402 g/mol. The second kappa shape index (κ2) is 8.45. The number of amides is 1. The van der Waals surface area contributed by atoms with E-state index in [-0.39, 0.29) is 5.91 Å². The van der Waals surface area contributed by atoms with Crippen molar-refractivity contribution in [2.75, 3.05) is 31.1 Å². The molecule has 1 aliphatic heterocycles. The fourth-order valence-corrected chi connectivity index (χ4v) is 4.34. The topological polar surface area (TPSA) is 72.1 Å². The van der Waals surface area contributed by atoms with Crippen LogP contribution in [-0.4, -0.2) is 61.3 Å². The maximum absolute atomic E-state index is 13.3. The van der Waals surface area contributed by atoms with E-state index in [4.69, 9.17) is 0 Å². The molecule has 0 radical (unpaired) electrons. The molecule has 3 aromatic heterocycles. The third-order valence-corrected chi connectivity index (χ3v) is 6.08. The van der Waals surface area contributed by atoms with Gasteiger partial charge in [-0.1, -0.05) is 30.3 Å². The summed E-state index contributed by atoms with van der Waals surface area (Å²) in [5, 5.41) is 5.29. The van der Waals surface area contributed by atoms with Crippen LogP contribution in [0.2, 0.25) is 0 Å². The molecule has 0 atom stereocenters. The molecule has 1 aliphatic rings. The largest absolute Gasteiger partial charge is 0.352 e. The average molecular weight is 430 g/mol. The summed E-state index contributed by atoms with van der Waals surface area (Å²) in [7, 11) is 1.89. The molecule has 4 aromatic rings. The predicted octanol–water partition coefficient (Wildman–Crippen LogP) is 2.68. The molecule has 0 bridgehead atoms. The molecule has 8 nitrogen and oxygen atoms in total. The van der Waals surface area contributed by atoms with E-state index < -0.39 is 0 Å². The molecule has 5 rings (SSSR count). The van der Waals surface area contributed by atoms with Gasteiger partial charge in [-0.25, -0.2) is 9.97 Å². The summed E-state index contributed by atoms with van der Waals surface area (Å²) in [6, 6.07) is 14.3. The predicted molar refractivity (Wildman–Crippen MR) is 124 cm³/mol. The lowest BCUT2D eigenvalue weighted by Crippen LogP contribution is -2.49. The molecule has 1 saturated heterocycles. The highest BCUT2D eigenvalue weighted by molar-refractivity contribution is 5.93. The Bertz CT molecular complexity index is 1240. The summed E-state index contributed by atoms with van der Waals surface area (Å²) >= 11 is 0. The number of aromatic nitrogens is 5. The first-order valence-corrected chi connectivity index (χ1v) is 11.0. The van der Waals surface area contributed by atoms with E-state index in [0.717, 1.165) is 54.4 Å². The molecule has 0 saturated carbocycles.